The fourth-order valence-electron chi connectivity index (χ4n) is 3.04. The summed E-state index contributed by atoms with van der Waals surface area (Å²) >= 11 is -0.679. The van der Waals surface area contributed by atoms with Crippen LogP contribution in [0.4, 0.5) is 0 Å². The van der Waals surface area contributed by atoms with Crippen molar-refractivity contribution < 1.29 is 22.3 Å². The zero-order valence-corrected chi connectivity index (χ0v) is 17.5. The monoisotopic (exact) mass is 422 g/mol. The summed E-state index contributed by atoms with van der Waals surface area (Å²) in [7, 11) is 0. The van der Waals surface area contributed by atoms with Crippen LogP contribution in [0.1, 0.15) is 11.1 Å². The third-order valence-corrected chi connectivity index (χ3v) is 6.99. The van der Waals surface area contributed by atoms with Gasteiger partial charge in [0.1, 0.15) is 0 Å². The van der Waals surface area contributed by atoms with E-state index in [-0.39, 0.29) is 0 Å². The van der Waals surface area contributed by atoms with Gasteiger partial charge in [-0.05, 0) is 0 Å². The molecule has 0 bridgehead atoms. The van der Waals surface area contributed by atoms with Crippen molar-refractivity contribution in [2.45, 2.75) is 0 Å². The maximum atomic E-state index is 2.43. The molecular formula is C26H20Zr. The molecule has 0 aliphatic heterocycles. The maximum absolute atomic E-state index is 2.43. The van der Waals surface area contributed by atoms with Gasteiger partial charge in [-0.2, -0.15) is 0 Å². The Morgan fingerprint density at radius 1 is 0.370 bits per heavy atom. The van der Waals surface area contributed by atoms with Crippen LogP contribution in [0.3, 0.4) is 0 Å². The second-order valence-electron chi connectivity index (χ2n) is 6.43. The van der Waals surface area contributed by atoms with Crippen molar-refractivity contribution in [1.82, 2.24) is 0 Å². The molecule has 4 aromatic carbocycles. The van der Waals surface area contributed by atoms with E-state index >= 15 is 0 Å². The summed E-state index contributed by atoms with van der Waals surface area (Å²) in [6.07, 6.45) is 0. The molecule has 0 saturated heterocycles. The molecule has 0 N–H and O–H groups in total. The van der Waals surface area contributed by atoms with Crippen molar-refractivity contribution in [3.8, 4) is 22.3 Å². The van der Waals surface area contributed by atoms with E-state index in [0.29, 0.717) is 0 Å². The van der Waals surface area contributed by atoms with Gasteiger partial charge in [0, 0.05) is 0 Å². The number of rotatable bonds is 4. The molecule has 0 aliphatic carbocycles. The zero-order chi connectivity index (χ0) is 18.3. The van der Waals surface area contributed by atoms with Crippen LogP contribution >= 0.6 is 0 Å². The van der Waals surface area contributed by atoms with E-state index in [1.54, 1.807) is 0 Å². The fraction of sp³-hybridized carbons (Fsp3) is 0. The van der Waals surface area contributed by atoms with Gasteiger partial charge in [-0.25, -0.2) is 0 Å². The van der Waals surface area contributed by atoms with Crippen molar-refractivity contribution in [3.05, 3.63) is 120 Å². The molecule has 128 valence electrons. The van der Waals surface area contributed by atoms with Crippen LogP contribution in [-0.2, 0) is 22.3 Å². The van der Waals surface area contributed by atoms with Crippen LogP contribution < -0.4 is 0 Å². The van der Waals surface area contributed by atoms with Gasteiger partial charge in [0.2, 0.25) is 0 Å². The molecule has 0 spiro atoms. The molecule has 0 nitrogen and oxygen atoms in total. The van der Waals surface area contributed by atoms with Gasteiger partial charge >= 0.3 is 172 Å². The van der Waals surface area contributed by atoms with Gasteiger partial charge < -0.3 is 0 Å². The summed E-state index contributed by atoms with van der Waals surface area (Å²) in [4.78, 5) is 0. The van der Waals surface area contributed by atoms with Gasteiger partial charge in [0.25, 0.3) is 0 Å². The van der Waals surface area contributed by atoms with Gasteiger partial charge in [0.15, 0.2) is 0 Å². The average Bonchev–Trinajstić information content (AvgIpc) is 2.76. The molecule has 4 rings (SSSR count). The number of benzene rings is 4. The Bertz CT molecular complexity index is 968. The number of hydrogen-bond acceptors (Lipinski definition) is 0. The summed E-state index contributed by atoms with van der Waals surface area (Å²) in [6.45, 7) is 0. The predicted molar refractivity (Wildman–Crippen MR) is 114 cm³/mol. The van der Waals surface area contributed by atoms with E-state index in [1.165, 1.54) is 33.4 Å². The summed E-state index contributed by atoms with van der Waals surface area (Å²) in [5.41, 5.74) is 7.76. The molecule has 0 atom stereocenters. The molecule has 27 heavy (non-hydrogen) atoms. The van der Waals surface area contributed by atoms with Gasteiger partial charge in [-0.15, -0.1) is 0 Å². The van der Waals surface area contributed by atoms with Crippen LogP contribution in [-0.4, -0.2) is 7.42 Å². The predicted octanol–water partition coefficient (Wildman–Crippen LogP) is 6.10. The van der Waals surface area contributed by atoms with Crippen molar-refractivity contribution >= 4 is 7.42 Å². The Morgan fingerprint density at radius 2 is 0.704 bits per heavy atom. The van der Waals surface area contributed by atoms with Crippen molar-refractivity contribution in [1.29, 1.82) is 0 Å². The fourth-order valence-corrected chi connectivity index (χ4v) is 5.14. The standard InChI is InChI=1S/2C13H10.Zr/c2*1-11-7-9-13(10-8-11)12-5-3-2-4-6-12;/h2*1-10H;. The van der Waals surface area contributed by atoms with Crippen molar-refractivity contribution in [3.63, 3.8) is 0 Å². The molecule has 4 aromatic rings. The molecule has 0 saturated carbocycles. The first kappa shape index (κ1) is 17.9. The Morgan fingerprint density at radius 3 is 1.07 bits per heavy atom. The SMILES string of the molecule is [CH](=[Zr]=[CH]c1ccc(-c2ccccc2)cc1)c1ccc(-c2ccccc2)cc1. The van der Waals surface area contributed by atoms with Gasteiger partial charge in [-0.3, -0.25) is 0 Å². The second-order valence-corrected chi connectivity index (χ2v) is 8.67. The zero-order valence-electron chi connectivity index (χ0n) is 15.0. The summed E-state index contributed by atoms with van der Waals surface area (Å²) in [6, 6.07) is 38.9. The normalized spacial score (nSPS) is 10.1. The minimum atomic E-state index is -0.679. The Kier molecular flexibility index (Phi) is 5.92. The summed E-state index contributed by atoms with van der Waals surface area (Å²) < 4.78 is 4.87. The van der Waals surface area contributed by atoms with Crippen molar-refractivity contribution in [2.75, 3.05) is 0 Å². The molecule has 0 amide bonds. The van der Waals surface area contributed by atoms with Crippen LogP contribution in [0.25, 0.3) is 22.3 Å². The second kappa shape index (κ2) is 8.93. The quantitative estimate of drug-likeness (QED) is 0.372. The van der Waals surface area contributed by atoms with E-state index in [1.807, 2.05) is 0 Å². The van der Waals surface area contributed by atoms with E-state index in [2.05, 4.69) is 117 Å². The Labute approximate surface area is 171 Å². The van der Waals surface area contributed by atoms with Gasteiger partial charge in [-0.1, -0.05) is 0 Å². The van der Waals surface area contributed by atoms with E-state index in [4.69, 9.17) is 0 Å². The molecule has 0 aliphatic rings. The third-order valence-electron chi connectivity index (χ3n) is 4.54. The van der Waals surface area contributed by atoms with E-state index < -0.39 is 22.3 Å². The molecule has 0 unspecified atom stereocenters. The van der Waals surface area contributed by atoms with Crippen LogP contribution in [0.5, 0.6) is 0 Å². The summed E-state index contributed by atoms with van der Waals surface area (Å²) in [5.74, 6) is 0. The van der Waals surface area contributed by atoms with Crippen molar-refractivity contribution in [2.24, 2.45) is 0 Å². The van der Waals surface area contributed by atoms with E-state index in [9.17, 15) is 0 Å². The topological polar surface area (TPSA) is 0 Å². The molecule has 0 aromatic heterocycles. The van der Waals surface area contributed by atoms with Crippen LogP contribution in [0.15, 0.2) is 109 Å². The molecule has 0 heterocycles. The van der Waals surface area contributed by atoms with Gasteiger partial charge in [0.05, 0.1) is 0 Å². The Balaban J connectivity index is 1.47. The molecule has 0 fully saturated rings. The van der Waals surface area contributed by atoms with Crippen LogP contribution in [0, 0.1) is 0 Å². The first-order chi connectivity index (χ1) is 13.4. The first-order valence-electron chi connectivity index (χ1n) is 9.12. The number of hydrogen-bond donors (Lipinski definition) is 0. The summed E-state index contributed by atoms with van der Waals surface area (Å²) in [5, 5.41) is 0. The molecule has 0 radical (unpaired) electrons. The van der Waals surface area contributed by atoms with Crippen LogP contribution in [0.2, 0.25) is 0 Å². The molecular weight excluding hydrogens is 404 g/mol. The first-order valence-corrected chi connectivity index (χ1v) is 12.0. The Hall–Kier alpha value is -2.50. The third kappa shape index (κ3) is 4.82. The average molecular weight is 424 g/mol. The molecule has 1 heteroatoms. The van der Waals surface area contributed by atoms with E-state index in [0.717, 1.165) is 0 Å². The minimum absolute atomic E-state index is 0.679.